The van der Waals surface area contributed by atoms with Crippen molar-refractivity contribution in [3.8, 4) is 0 Å². The summed E-state index contributed by atoms with van der Waals surface area (Å²) in [5, 5.41) is 2.89. The summed E-state index contributed by atoms with van der Waals surface area (Å²) in [5.74, 6) is -0.545. The maximum Gasteiger partial charge on any atom is 0.241 e. The number of nitrogens with one attached hydrogen (secondary N) is 2. The topological polar surface area (TPSA) is 58.2 Å². The van der Waals surface area contributed by atoms with Gasteiger partial charge in [0.1, 0.15) is 5.82 Å². The summed E-state index contributed by atoms with van der Waals surface area (Å²) in [6.45, 7) is 0.774. The molecule has 2 N–H and O–H groups in total. The Bertz CT molecular complexity index is 586. The summed E-state index contributed by atoms with van der Waals surface area (Å²) in [7, 11) is -1.96. The summed E-state index contributed by atoms with van der Waals surface area (Å²) in [6, 6.07) is 3.85. The molecule has 0 heterocycles. The van der Waals surface area contributed by atoms with E-state index in [2.05, 4.69) is 10.0 Å². The zero-order valence-corrected chi connectivity index (χ0v) is 13.2. The van der Waals surface area contributed by atoms with Gasteiger partial charge in [0, 0.05) is 17.8 Å². The van der Waals surface area contributed by atoms with Crippen LogP contribution in [0, 0.1) is 5.82 Å². The molecule has 0 aliphatic heterocycles. The molecule has 0 spiro atoms. The van der Waals surface area contributed by atoms with Crippen LogP contribution in [0.5, 0.6) is 0 Å². The lowest BCUT2D eigenvalue weighted by Crippen LogP contribution is -2.32. The zero-order chi connectivity index (χ0) is 14.8. The second kappa shape index (κ2) is 6.01. The van der Waals surface area contributed by atoms with E-state index in [9.17, 15) is 12.8 Å². The average Bonchev–Trinajstić information content (AvgIpc) is 3.20. The van der Waals surface area contributed by atoms with Crippen molar-refractivity contribution in [1.29, 1.82) is 0 Å². The number of thioether (sulfide) groups is 1. The van der Waals surface area contributed by atoms with E-state index in [4.69, 9.17) is 0 Å². The predicted octanol–water partition coefficient (Wildman–Crippen LogP) is 1.72. The van der Waals surface area contributed by atoms with Crippen LogP contribution < -0.4 is 10.0 Å². The molecule has 0 saturated heterocycles. The predicted molar refractivity (Wildman–Crippen MR) is 79.8 cm³/mol. The third kappa shape index (κ3) is 3.52. The molecule has 0 unspecified atom stereocenters. The molecule has 20 heavy (non-hydrogen) atoms. The normalized spacial score (nSPS) is 17.1. The van der Waals surface area contributed by atoms with E-state index in [1.165, 1.54) is 12.1 Å². The molecule has 112 valence electrons. The summed E-state index contributed by atoms with van der Waals surface area (Å²) >= 11 is 1.68. The molecule has 1 aliphatic carbocycles. The molecule has 1 saturated carbocycles. The van der Waals surface area contributed by atoms with Crippen LogP contribution in [0.3, 0.4) is 0 Å². The number of hydrogen-bond donors (Lipinski definition) is 2. The highest BCUT2D eigenvalue weighted by molar-refractivity contribution is 8.00. The van der Waals surface area contributed by atoms with Crippen molar-refractivity contribution in [1.82, 2.24) is 10.0 Å². The minimum atomic E-state index is -3.68. The lowest BCUT2D eigenvalue weighted by atomic mass is 10.2. The number of halogens is 1. The van der Waals surface area contributed by atoms with Gasteiger partial charge in [-0.2, -0.15) is 11.8 Å². The standard InChI is InChI=1S/C13H19FN2O2S2/c1-15-8-10-3-4-11(14)7-12(10)20(17,18)16-9-13(19-2)5-6-13/h3-4,7,15-16H,5-6,8-9H2,1-2H3. The van der Waals surface area contributed by atoms with E-state index in [0.29, 0.717) is 18.7 Å². The Morgan fingerprint density at radius 1 is 1.40 bits per heavy atom. The first-order valence-corrected chi connectivity index (χ1v) is 9.11. The second-order valence-electron chi connectivity index (χ2n) is 4.99. The van der Waals surface area contributed by atoms with Crippen LogP contribution in [0.2, 0.25) is 0 Å². The van der Waals surface area contributed by atoms with E-state index in [-0.39, 0.29) is 9.64 Å². The summed E-state index contributed by atoms with van der Waals surface area (Å²) in [5.41, 5.74) is 0.565. The summed E-state index contributed by atoms with van der Waals surface area (Å²) in [4.78, 5) is 0.0174. The fourth-order valence-corrected chi connectivity index (χ4v) is 4.20. The molecule has 0 amide bonds. The van der Waals surface area contributed by atoms with E-state index < -0.39 is 15.8 Å². The Kier molecular flexibility index (Phi) is 4.73. The van der Waals surface area contributed by atoms with Crippen molar-refractivity contribution in [2.75, 3.05) is 19.8 Å². The number of sulfonamides is 1. The smallest absolute Gasteiger partial charge is 0.241 e. The molecule has 4 nitrogen and oxygen atoms in total. The first kappa shape index (κ1) is 15.8. The molecular weight excluding hydrogens is 299 g/mol. The molecule has 1 aromatic carbocycles. The SMILES string of the molecule is CNCc1ccc(F)cc1S(=O)(=O)NCC1(SC)CC1. The van der Waals surface area contributed by atoms with Crippen molar-refractivity contribution >= 4 is 21.8 Å². The van der Waals surface area contributed by atoms with Crippen molar-refractivity contribution in [2.24, 2.45) is 0 Å². The Morgan fingerprint density at radius 3 is 2.65 bits per heavy atom. The first-order chi connectivity index (χ1) is 9.42. The van der Waals surface area contributed by atoms with Crippen molar-refractivity contribution in [2.45, 2.75) is 29.0 Å². The molecule has 0 atom stereocenters. The largest absolute Gasteiger partial charge is 0.316 e. The van der Waals surface area contributed by atoms with Crippen LogP contribution in [0.4, 0.5) is 4.39 Å². The van der Waals surface area contributed by atoms with Crippen LogP contribution in [0.1, 0.15) is 18.4 Å². The molecule has 1 fully saturated rings. The van der Waals surface area contributed by atoms with Gasteiger partial charge in [0.05, 0.1) is 4.90 Å². The third-order valence-corrected chi connectivity index (χ3v) is 6.41. The van der Waals surface area contributed by atoms with Crippen molar-refractivity contribution in [3.05, 3.63) is 29.6 Å². The molecule has 1 aliphatic rings. The van der Waals surface area contributed by atoms with Gasteiger partial charge in [-0.25, -0.2) is 17.5 Å². The Balaban J connectivity index is 2.21. The van der Waals surface area contributed by atoms with Crippen LogP contribution in [-0.2, 0) is 16.6 Å². The molecule has 0 bridgehead atoms. The van der Waals surface area contributed by atoms with Gasteiger partial charge < -0.3 is 5.32 Å². The van der Waals surface area contributed by atoms with E-state index in [0.717, 1.165) is 18.9 Å². The quantitative estimate of drug-likeness (QED) is 0.804. The third-order valence-electron chi connectivity index (χ3n) is 3.51. The van der Waals surface area contributed by atoms with Gasteiger partial charge in [-0.1, -0.05) is 6.07 Å². The van der Waals surface area contributed by atoms with Gasteiger partial charge in [0.2, 0.25) is 10.0 Å². The monoisotopic (exact) mass is 318 g/mol. The van der Waals surface area contributed by atoms with Crippen LogP contribution in [-0.4, -0.2) is 33.0 Å². The highest BCUT2D eigenvalue weighted by Gasteiger charge is 2.42. The maximum absolute atomic E-state index is 13.4. The second-order valence-corrected chi connectivity index (χ2v) is 8.00. The van der Waals surface area contributed by atoms with Gasteiger partial charge >= 0.3 is 0 Å². The first-order valence-electron chi connectivity index (χ1n) is 6.40. The molecular formula is C13H19FN2O2S2. The molecule has 7 heteroatoms. The fourth-order valence-electron chi connectivity index (χ4n) is 2.01. The number of hydrogen-bond acceptors (Lipinski definition) is 4. The van der Waals surface area contributed by atoms with Crippen LogP contribution >= 0.6 is 11.8 Å². The Labute approximate surface area is 123 Å². The molecule has 0 aromatic heterocycles. The highest BCUT2D eigenvalue weighted by Crippen LogP contribution is 2.46. The van der Waals surface area contributed by atoms with E-state index in [1.54, 1.807) is 18.8 Å². The number of benzene rings is 1. The number of rotatable bonds is 7. The lowest BCUT2D eigenvalue weighted by Gasteiger charge is -2.15. The molecule has 2 rings (SSSR count). The van der Waals surface area contributed by atoms with E-state index >= 15 is 0 Å². The van der Waals surface area contributed by atoms with Gasteiger partial charge in [-0.05, 0) is 43.8 Å². The van der Waals surface area contributed by atoms with Gasteiger partial charge in [-0.3, -0.25) is 0 Å². The van der Waals surface area contributed by atoms with Gasteiger partial charge in [0.25, 0.3) is 0 Å². The fraction of sp³-hybridized carbons (Fsp3) is 0.538. The van der Waals surface area contributed by atoms with Crippen molar-refractivity contribution in [3.63, 3.8) is 0 Å². The maximum atomic E-state index is 13.4. The van der Waals surface area contributed by atoms with Gasteiger partial charge in [0.15, 0.2) is 0 Å². The van der Waals surface area contributed by atoms with Crippen molar-refractivity contribution < 1.29 is 12.8 Å². The summed E-state index contributed by atoms with van der Waals surface area (Å²) < 4.78 is 40.7. The minimum Gasteiger partial charge on any atom is -0.316 e. The zero-order valence-electron chi connectivity index (χ0n) is 11.6. The highest BCUT2D eigenvalue weighted by atomic mass is 32.2. The van der Waals surface area contributed by atoms with Crippen LogP contribution in [0.15, 0.2) is 23.1 Å². The minimum absolute atomic E-state index is 0.0174. The summed E-state index contributed by atoms with van der Waals surface area (Å²) in [6.07, 6.45) is 4.02. The average molecular weight is 318 g/mol. The Morgan fingerprint density at radius 2 is 2.10 bits per heavy atom. The molecule has 1 aromatic rings. The van der Waals surface area contributed by atoms with E-state index in [1.807, 2.05) is 6.26 Å². The van der Waals surface area contributed by atoms with Gasteiger partial charge in [-0.15, -0.1) is 0 Å². The molecule has 0 radical (unpaired) electrons. The van der Waals surface area contributed by atoms with Crippen LogP contribution in [0.25, 0.3) is 0 Å². The lowest BCUT2D eigenvalue weighted by molar-refractivity contribution is 0.573. The Hall–Kier alpha value is -0.630.